The van der Waals surface area contributed by atoms with Crippen LogP contribution in [-0.2, 0) is 11.2 Å². The molecule has 0 bridgehead atoms. The van der Waals surface area contributed by atoms with E-state index in [-0.39, 0.29) is 18.1 Å². The average Bonchev–Trinajstić information content (AvgIpc) is 2.82. The Kier molecular flexibility index (Phi) is 7.38. The standard InChI is InChI=1S/C27H32N2O3/c1-2-23-11-6-7-15-29(23)16-8-14-28-27(31)21-12-13-25-22(18-21)19-24(30)26(32-25)17-20-9-4-3-5-10-20/h3-5,9-10,12-13,17-18,23H,2,6-8,11,14-16,19H2,1H3,(H,28,31)/b26-17-. The van der Waals surface area contributed by atoms with Crippen molar-refractivity contribution in [1.29, 1.82) is 0 Å². The van der Waals surface area contributed by atoms with Crippen molar-refractivity contribution in [2.75, 3.05) is 19.6 Å². The van der Waals surface area contributed by atoms with Crippen LogP contribution in [0.25, 0.3) is 6.08 Å². The molecular formula is C27H32N2O3. The predicted octanol–water partition coefficient (Wildman–Crippen LogP) is 4.62. The Bertz CT molecular complexity index is 984. The highest BCUT2D eigenvalue weighted by atomic mass is 16.5. The Labute approximate surface area is 190 Å². The minimum atomic E-state index is -0.100. The van der Waals surface area contributed by atoms with Crippen molar-refractivity contribution in [3.05, 3.63) is 71.0 Å². The molecule has 0 saturated carbocycles. The summed E-state index contributed by atoms with van der Waals surface area (Å²) in [5.41, 5.74) is 2.25. The topological polar surface area (TPSA) is 58.6 Å². The number of fused-ring (bicyclic) bond motifs is 1. The van der Waals surface area contributed by atoms with E-state index in [0.29, 0.717) is 29.7 Å². The molecule has 2 aromatic carbocycles. The van der Waals surface area contributed by atoms with Gasteiger partial charge in [-0.3, -0.25) is 9.59 Å². The van der Waals surface area contributed by atoms with E-state index in [9.17, 15) is 9.59 Å². The lowest BCUT2D eigenvalue weighted by Gasteiger charge is -2.35. The van der Waals surface area contributed by atoms with Gasteiger partial charge >= 0.3 is 0 Å². The van der Waals surface area contributed by atoms with Gasteiger partial charge in [0.15, 0.2) is 5.76 Å². The maximum atomic E-state index is 12.6. The Morgan fingerprint density at radius 3 is 2.84 bits per heavy atom. The molecule has 2 aromatic rings. The molecule has 1 amide bonds. The minimum absolute atomic E-state index is 0.0779. The number of hydrogen-bond donors (Lipinski definition) is 1. The Hall–Kier alpha value is -2.92. The van der Waals surface area contributed by atoms with Crippen molar-refractivity contribution in [3.63, 3.8) is 0 Å². The van der Waals surface area contributed by atoms with Crippen molar-refractivity contribution in [3.8, 4) is 5.75 Å². The van der Waals surface area contributed by atoms with E-state index in [1.165, 1.54) is 32.2 Å². The molecule has 2 heterocycles. The summed E-state index contributed by atoms with van der Waals surface area (Å²) in [6.07, 6.45) is 8.05. The number of likely N-dealkylation sites (tertiary alicyclic amines) is 1. The first-order valence-electron chi connectivity index (χ1n) is 11.8. The molecule has 0 aromatic heterocycles. The monoisotopic (exact) mass is 432 g/mol. The Morgan fingerprint density at radius 2 is 2.03 bits per heavy atom. The number of carbonyl (C=O) groups is 2. The molecule has 2 aliphatic rings. The molecule has 0 radical (unpaired) electrons. The molecule has 32 heavy (non-hydrogen) atoms. The third-order valence-electron chi connectivity index (χ3n) is 6.39. The summed E-state index contributed by atoms with van der Waals surface area (Å²) in [5, 5.41) is 3.03. The minimum Gasteiger partial charge on any atom is -0.453 e. The fraction of sp³-hybridized carbons (Fsp3) is 0.407. The summed E-state index contributed by atoms with van der Waals surface area (Å²) in [7, 11) is 0. The molecule has 4 rings (SSSR count). The Morgan fingerprint density at radius 1 is 1.19 bits per heavy atom. The van der Waals surface area contributed by atoms with E-state index in [1.54, 1.807) is 24.3 Å². The number of Topliss-reactive ketones (excluding diaryl/α,β-unsaturated/α-hetero) is 1. The number of carbonyl (C=O) groups excluding carboxylic acids is 2. The SMILES string of the molecule is CCC1CCCCN1CCCNC(=O)c1ccc2c(c1)CC(=O)/C(=C/c1ccccc1)O2. The largest absolute Gasteiger partial charge is 0.453 e. The molecule has 0 spiro atoms. The molecular weight excluding hydrogens is 400 g/mol. The molecule has 0 aliphatic carbocycles. The maximum Gasteiger partial charge on any atom is 0.251 e. The molecule has 168 valence electrons. The molecule has 2 aliphatic heterocycles. The van der Waals surface area contributed by atoms with Crippen molar-refractivity contribution < 1.29 is 14.3 Å². The molecule has 1 unspecified atom stereocenters. The smallest absolute Gasteiger partial charge is 0.251 e. The summed E-state index contributed by atoms with van der Waals surface area (Å²) >= 11 is 0. The number of allylic oxidation sites excluding steroid dienone is 1. The number of nitrogens with one attached hydrogen (secondary N) is 1. The van der Waals surface area contributed by atoms with Crippen LogP contribution in [0, 0.1) is 0 Å². The van der Waals surface area contributed by atoms with Crippen molar-refractivity contribution in [1.82, 2.24) is 10.2 Å². The second kappa shape index (κ2) is 10.6. The van der Waals surface area contributed by atoms with Gasteiger partial charge in [0, 0.05) is 36.7 Å². The first-order chi connectivity index (χ1) is 15.6. The normalized spacial score (nSPS) is 20.0. The molecule has 1 saturated heterocycles. The molecule has 5 nitrogen and oxygen atoms in total. The highest BCUT2D eigenvalue weighted by Gasteiger charge is 2.24. The second-order valence-electron chi connectivity index (χ2n) is 8.65. The van der Waals surface area contributed by atoms with Gasteiger partial charge in [-0.1, -0.05) is 43.7 Å². The van der Waals surface area contributed by atoms with Gasteiger partial charge in [-0.2, -0.15) is 0 Å². The number of rotatable bonds is 7. The van der Waals surface area contributed by atoms with Crippen molar-refractivity contribution >= 4 is 17.8 Å². The van der Waals surface area contributed by atoms with Crippen molar-refractivity contribution in [2.45, 2.75) is 51.5 Å². The first kappa shape index (κ1) is 22.3. The number of amides is 1. The number of benzene rings is 2. The third kappa shape index (κ3) is 5.46. The van der Waals surface area contributed by atoms with Gasteiger partial charge in [0.1, 0.15) is 5.75 Å². The van der Waals surface area contributed by atoms with Crippen LogP contribution in [-0.4, -0.2) is 42.3 Å². The number of piperidine rings is 1. The zero-order chi connectivity index (χ0) is 22.3. The van der Waals surface area contributed by atoms with Gasteiger partial charge in [0.05, 0.1) is 0 Å². The van der Waals surface area contributed by atoms with Gasteiger partial charge < -0.3 is 15.0 Å². The molecule has 1 N–H and O–H groups in total. The zero-order valence-corrected chi connectivity index (χ0v) is 18.8. The van der Waals surface area contributed by atoms with E-state index < -0.39 is 0 Å². The lowest BCUT2D eigenvalue weighted by Crippen LogP contribution is -2.40. The Balaban J connectivity index is 1.32. The summed E-state index contributed by atoms with van der Waals surface area (Å²) in [5.74, 6) is 0.797. The van der Waals surface area contributed by atoms with Crippen molar-refractivity contribution in [2.24, 2.45) is 0 Å². The van der Waals surface area contributed by atoms with Gasteiger partial charge in [0.25, 0.3) is 5.91 Å². The number of ether oxygens (including phenoxy) is 1. The van der Waals surface area contributed by atoms with Crippen LogP contribution < -0.4 is 10.1 Å². The van der Waals surface area contributed by atoms with Gasteiger partial charge in [-0.05, 0) is 62.1 Å². The van der Waals surface area contributed by atoms with Crippen LogP contribution in [0.15, 0.2) is 54.3 Å². The third-order valence-corrected chi connectivity index (χ3v) is 6.39. The van der Waals surface area contributed by atoms with Gasteiger partial charge in [-0.25, -0.2) is 0 Å². The number of hydrogen-bond acceptors (Lipinski definition) is 4. The van der Waals surface area contributed by atoms with E-state index in [1.807, 2.05) is 30.3 Å². The summed E-state index contributed by atoms with van der Waals surface area (Å²) in [4.78, 5) is 27.8. The van der Waals surface area contributed by atoms with Crippen LogP contribution in [0.1, 0.15) is 60.5 Å². The maximum absolute atomic E-state index is 12.6. The highest BCUT2D eigenvalue weighted by Crippen LogP contribution is 2.29. The van der Waals surface area contributed by atoms with E-state index in [0.717, 1.165) is 24.1 Å². The summed E-state index contributed by atoms with van der Waals surface area (Å²) < 4.78 is 5.84. The molecule has 1 atom stereocenters. The quantitative estimate of drug-likeness (QED) is 0.513. The van der Waals surface area contributed by atoms with E-state index in [2.05, 4.69) is 17.1 Å². The van der Waals surface area contributed by atoms with Gasteiger partial charge in [0.2, 0.25) is 5.78 Å². The summed E-state index contributed by atoms with van der Waals surface area (Å²) in [6.45, 7) is 5.12. The number of nitrogens with zero attached hydrogens (tertiary/aromatic N) is 1. The first-order valence-corrected chi connectivity index (χ1v) is 11.8. The van der Waals surface area contributed by atoms with Crippen LogP contribution >= 0.6 is 0 Å². The number of ketones is 1. The highest BCUT2D eigenvalue weighted by molar-refractivity contribution is 6.01. The summed E-state index contributed by atoms with van der Waals surface area (Å²) in [6, 6.07) is 15.7. The lowest BCUT2D eigenvalue weighted by atomic mass is 9.99. The fourth-order valence-corrected chi connectivity index (χ4v) is 4.61. The zero-order valence-electron chi connectivity index (χ0n) is 18.8. The lowest BCUT2D eigenvalue weighted by molar-refractivity contribution is -0.117. The van der Waals surface area contributed by atoms with Crippen LogP contribution in [0.4, 0.5) is 0 Å². The molecule has 1 fully saturated rings. The van der Waals surface area contributed by atoms with E-state index >= 15 is 0 Å². The fourth-order valence-electron chi connectivity index (χ4n) is 4.61. The van der Waals surface area contributed by atoms with Crippen LogP contribution in [0.3, 0.4) is 0 Å². The molecule has 5 heteroatoms. The van der Waals surface area contributed by atoms with Crippen LogP contribution in [0.5, 0.6) is 5.75 Å². The second-order valence-corrected chi connectivity index (χ2v) is 8.65. The average molecular weight is 433 g/mol. The predicted molar refractivity (Wildman–Crippen MR) is 127 cm³/mol. The van der Waals surface area contributed by atoms with Crippen LogP contribution in [0.2, 0.25) is 0 Å². The van der Waals surface area contributed by atoms with E-state index in [4.69, 9.17) is 4.74 Å². The van der Waals surface area contributed by atoms with Gasteiger partial charge in [-0.15, -0.1) is 0 Å².